The third-order valence-corrected chi connectivity index (χ3v) is 5.69. The van der Waals surface area contributed by atoms with Gasteiger partial charge in [-0.1, -0.05) is 17.7 Å². The SMILES string of the molecule is CN1C(=O)C2(CC3(CC3)Oc3ccc(-c4cncc(Cl)c4)cc32)N=C1N. The Morgan fingerprint density at radius 1 is 1.23 bits per heavy atom. The number of hydrogen-bond acceptors (Lipinski definition) is 5. The molecular formula is C19H17ClN4O2. The molecule has 2 N–H and O–H groups in total. The van der Waals surface area contributed by atoms with Gasteiger partial charge in [0.25, 0.3) is 5.91 Å². The van der Waals surface area contributed by atoms with Crippen LogP contribution in [-0.2, 0) is 10.3 Å². The second kappa shape index (κ2) is 4.98. The number of pyridine rings is 1. The maximum Gasteiger partial charge on any atom is 0.261 e. The average molecular weight is 369 g/mol. The number of nitrogens with zero attached hydrogens (tertiary/aromatic N) is 3. The zero-order valence-electron chi connectivity index (χ0n) is 14.2. The molecule has 1 unspecified atom stereocenters. The maximum absolute atomic E-state index is 13.1. The molecule has 1 aromatic carbocycles. The number of halogens is 1. The van der Waals surface area contributed by atoms with Gasteiger partial charge < -0.3 is 10.5 Å². The molecule has 132 valence electrons. The summed E-state index contributed by atoms with van der Waals surface area (Å²) in [5.74, 6) is 0.841. The van der Waals surface area contributed by atoms with Crippen LogP contribution in [0.4, 0.5) is 0 Å². The van der Waals surface area contributed by atoms with Gasteiger partial charge >= 0.3 is 0 Å². The summed E-state index contributed by atoms with van der Waals surface area (Å²) in [4.78, 5) is 23.3. The van der Waals surface area contributed by atoms with Crippen LogP contribution in [0.25, 0.3) is 11.1 Å². The van der Waals surface area contributed by atoms with Crippen molar-refractivity contribution in [3.8, 4) is 16.9 Å². The molecule has 1 saturated carbocycles. The van der Waals surface area contributed by atoms with Crippen LogP contribution >= 0.6 is 11.6 Å². The predicted molar refractivity (Wildman–Crippen MR) is 98.0 cm³/mol. The van der Waals surface area contributed by atoms with E-state index < -0.39 is 5.54 Å². The molecule has 6 nitrogen and oxygen atoms in total. The number of rotatable bonds is 1. The number of aromatic nitrogens is 1. The fraction of sp³-hybridized carbons (Fsp3) is 0.316. The molecule has 1 aliphatic carbocycles. The molecule has 0 radical (unpaired) electrons. The van der Waals surface area contributed by atoms with Crippen molar-refractivity contribution in [3.63, 3.8) is 0 Å². The monoisotopic (exact) mass is 368 g/mol. The van der Waals surface area contributed by atoms with Gasteiger partial charge in [-0.15, -0.1) is 0 Å². The lowest BCUT2D eigenvalue weighted by molar-refractivity contribution is -0.132. The van der Waals surface area contributed by atoms with Crippen molar-refractivity contribution < 1.29 is 9.53 Å². The van der Waals surface area contributed by atoms with Gasteiger partial charge in [-0.3, -0.25) is 14.7 Å². The maximum atomic E-state index is 13.1. The molecule has 3 aliphatic rings. The molecule has 1 amide bonds. The Kier molecular flexibility index (Phi) is 2.99. The summed E-state index contributed by atoms with van der Waals surface area (Å²) >= 11 is 6.08. The van der Waals surface area contributed by atoms with E-state index in [2.05, 4.69) is 9.98 Å². The van der Waals surface area contributed by atoms with E-state index in [0.29, 0.717) is 17.2 Å². The number of ether oxygens (including phenoxy) is 1. The highest BCUT2D eigenvalue weighted by atomic mass is 35.5. The second-order valence-electron chi connectivity index (χ2n) is 7.26. The number of aliphatic imine (C=N–C) groups is 1. The zero-order valence-corrected chi connectivity index (χ0v) is 15.0. The van der Waals surface area contributed by atoms with Crippen LogP contribution in [0.15, 0.2) is 41.7 Å². The molecule has 0 bridgehead atoms. The van der Waals surface area contributed by atoms with Crippen molar-refractivity contribution in [2.45, 2.75) is 30.4 Å². The summed E-state index contributed by atoms with van der Waals surface area (Å²) < 4.78 is 6.23. The average Bonchev–Trinajstić information content (AvgIpc) is 3.33. The molecule has 3 heterocycles. The van der Waals surface area contributed by atoms with Crippen LogP contribution < -0.4 is 10.5 Å². The number of guanidine groups is 1. The smallest absolute Gasteiger partial charge is 0.261 e. The first-order chi connectivity index (χ1) is 12.4. The molecule has 0 saturated heterocycles. The molecule has 5 rings (SSSR count). The lowest BCUT2D eigenvalue weighted by Gasteiger charge is -2.37. The van der Waals surface area contributed by atoms with Gasteiger partial charge in [0.1, 0.15) is 11.4 Å². The molecule has 2 aromatic rings. The molecule has 2 aliphatic heterocycles. The number of carbonyl (C=O) groups is 1. The van der Waals surface area contributed by atoms with Gasteiger partial charge in [-0.05, 0) is 36.6 Å². The number of benzene rings is 1. The zero-order chi connectivity index (χ0) is 18.1. The summed E-state index contributed by atoms with van der Waals surface area (Å²) in [7, 11) is 1.66. The summed E-state index contributed by atoms with van der Waals surface area (Å²) in [6.07, 6.45) is 5.72. The second-order valence-corrected chi connectivity index (χ2v) is 7.70. The number of fused-ring (bicyclic) bond motifs is 2. The summed E-state index contributed by atoms with van der Waals surface area (Å²) in [6, 6.07) is 7.66. The molecular weight excluding hydrogens is 352 g/mol. The van der Waals surface area contributed by atoms with Gasteiger partial charge in [0.15, 0.2) is 11.5 Å². The Morgan fingerprint density at radius 3 is 2.69 bits per heavy atom. The third kappa shape index (κ3) is 2.08. The van der Waals surface area contributed by atoms with E-state index >= 15 is 0 Å². The number of amides is 1. The lowest BCUT2D eigenvalue weighted by Crippen LogP contribution is -2.46. The topological polar surface area (TPSA) is 80.8 Å². The largest absolute Gasteiger partial charge is 0.487 e. The van der Waals surface area contributed by atoms with Gasteiger partial charge in [0, 0.05) is 37.0 Å². The van der Waals surface area contributed by atoms with E-state index in [9.17, 15) is 4.79 Å². The van der Waals surface area contributed by atoms with Crippen LogP contribution in [-0.4, -0.2) is 34.4 Å². The van der Waals surface area contributed by atoms with Crippen LogP contribution in [0.3, 0.4) is 0 Å². The van der Waals surface area contributed by atoms with Crippen molar-refractivity contribution in [1.29, 1.82) is 0 Å². The number of nitrogens with two attached hydrogens (primary N) is 1. The van der Waals surface area contributed by atoms with Gasteiger partial charge in [0.2, 0.25) is 0 Å². The quantitative estimate of drug-likeness (QED) is 0.839. The summed E-state index contributed by atoms with van der Waals surface area (Å²) in [5.41, 5.74) is 7.23. The van der Waals surface area contributed by atoms with E-state index in [1.807, 2.05) is 24.3 Å². The fourth-order valence-corrected chi connectivity index (χ4v) is 4.10. The Bertz CT molecular complexity index is 985. The van der Waals surface area contributed by atoms with Crippen LogP contribution in [0, 0.1) is 0 Å². The first-order valence-electron chi connectivity index (χ1n) is 8.51. The summed E-state index contributed by atoms with van der Waals surface area (Å²) in [6.45, 7) is 0. The van der Waals surface area contributed by atoms with Gasteiger partial charge in [-0.25, -0.2) is 4.99 Å². The highest BCUT2D eigenvalue weighted by molar-refractivity contribution is 6.30. The van der Waals surface area contributed by atoms with Crippen molar-refractivity contribution in [3.05, 3.63) is 47.2 Å². The highest BCUT2D eigenvalue weighted by Gasteiger charge is 2.62. The Balaban J connectivity index is 1.71. The van der Waals surface area contributed by atoms with Crippen LogP contribution in [0.2, 0.25) is 5.02 Å². The molecule has 26 heavy (non-hydrogen) atoms. The standard InChI is InChI=1S/C19H17ClN4O2/c1-24-16(25)19(23-17(24)21)10-18(4-5-18)26-15-3-2-11(7-14(15)19)12-6-13(20)9-22-8-12/h2-3,6-9H,4-5,10H2,1H3,(H2,21,23). The Labute approximate surface area is 155 Å². The lowest BCUT2D eigenvalue weighted by atomic mass is 9.80. The number of carbonyl (C=O) groups excluding carboxylic acids is 1. The minimum absolute atomic E-state index is 0.104. The van der Waals surface area contributed by atoms with E-state index in [1.54, 1.807) is 19.4 Å². The van der Waals surface area contributed by atoms with Crippen molar-refractivity contribution >= 4 is 23.5 Å². The van der Waals surface area contributed by atoms with Gasteiger partial charge in [-0.2, -0.15) is 0 Å². The molecule has 7 heteroatoms. The summed E-state index contributed by atoms with van der Waals surface area (Å²) in [5, 5.41) is 0.557. The number of likely N-dealkylation sites (N-methyl/N-ethyl adjacent to an activating group) is 1. The van der Waals surface area contributed by atoms with E-state index in [4.69, 9.17) is 22.1 Å². The third-order valence-electron chi connectivity index (χ3n) is 5.48. The van der Waals surface area contributed by atoms with E-state index in [-0.39, 0.29) is 17.5 Å². The predicted octanol–water partition coefficient (Wildman–Crippen LogP) is 2.70. The molecule has 1 aromatic heterocycles. The minimum atomic E-state index is -1.01. The fourth-order valence-electron chi connectivity index (χ4n) is 3.93. The van der Waals surface area contributed by atoms with Crippen LogP contribution in [0.1, 0.15) is 24.8 Å². The molecule has 1 fully saturated rings. The van der Waals surface area contributed by atoms with Gasteiger partial charge in [0.05, 0.1) is 5.02 Å². The van der Waals surface area contributed by atoms with Crippen molar-refractivity contribution in [2.75, 3.05) is 7.05 Å². The molecule has 1 atom stereocenters. The first kappa shape index (κ1) is 15.6. The first-order valence-corrected chi connectivity index (χ1v) is 8.88. The minimum Gasteiger partial charge on any atom is -0.487 e. The van der Waals surface area contributed by atoms with E-state index in [1.165, 1.54) is 4.90 Å². The Hall–Kier alpha value is -2.60. The van der Waals surface area contributed by atoms with Crippen LogP contribution in [0.5, 0.6) is 5.75 Å². The molecule has 2 spiro atoms. The normalized spacial score (nSPS) is 25.2. The Morgan fingerprint density at radius 2 is 2.04 bits per heavy atom. The number of hydrogen-bond donors (Lipinski definition) is 1. The van der Waals surface area contributed by atoms with E-state index in [0.717, 1.165) is 29.5 Å². The van der Waals surface area contributed by atoms with Crippen molar-refractivity contribution in [2.24, 2.45) is 10.7 Å². The van der Waals surface area contributed by atoms with Crippen molar-refractivity contribution in [1.82, 2.24) is 9.88 Å². The highest BCUT2D eigenvalue weighted by Crippen LogP contribution is 2.57.